The first-order valence-corrected chi connectivity index (χ1v) is 9.85. The Bertz CT molecular complexity index is 832. The molecule has 4 rings (SSSR count). The van der Waals surface area contributed by atoms with Crippen LogP contribution in [0.4, 0.5) is 5.69 Å². The molecule has 0 spiro atoms. The van der Waals surface area contributed by atoms with E-state index < -0.39 is 6.10 Å². The predicted molar refractivity (Wildman–Crippen MR) is 103 cm³/mol. The fourth-order valence-electron chi connectivity index (χ4n) is 3.88. The SMILES string of the molecule is Cc1ccc(-c2nnc3n2CCCCC3)cc1NC(=O)[C@@H]1CC[C@H](CN)O1. The van der Waals surface area contributed by atoms with E-state index in [-0.39, 0.29) is 12.0 Å². The van der Waals surface area contributed by atoms with E-state index in [1.165, 1.54) is 12.8 Å². The van der Waals surface area contributed by atoms with Crippen LogP contribution in [0.3, 0.4) is 0 Å². The molecule has 0 aliphatic carbocycles. The third-order valence-corrected chi connectivity index (χ3v) is 5.53. The number of hydrogen-bond acceptors (Lipinski definition) is 5. The van der Waals surface area contributed by atoms with Gasteiger partial charge in [0.05, 0.1) is 6.10 Å². The molecule has 7 heteroatoms. The molecule has 0 radical (unpaired) electrons. The summed E-state index contributed by atoms with van der Waals surface area (Å²) < 4.78 is 7.93. The number of anilines is 1. The number of rotatable bonds is 4. The van der Waals surface area contributed by atoms with Gasteiger partial charge < -0.3 is 20.4 Å². The van der Waals surface area contributed by atoms with Gasteiger partial charge in [0.2, 0.25) is 0 Å². The number of aryl methyl sites for hydroxylation is 2. The van der Waals surface area contributed by atoms with Gasteiger partial charge in [-0.05, 0) is 44.2 Å². The molecule has 27 heavy (non-hydrogen) atoms. The third-order valence-electron chi connectivity index (χ3n) is 5.53. The fourth-order valence-corrected chi connectivity index (χ4v) is 3.88. The maximum Gasteiger partial charge on any atom is 0.253 e. The lowest BCUT2D eigenvalue weighted by Gasteiger charge is -2.15. The average molecular weight is 369 g/mol. The molecule has 1 aromatic heterocycles. The van der Waals surface area contributed by atoms with Crippen LogP contribution in [0, 0.1) is 6.92 Å². The Morgan fingerprint density at radius 1 is 1.30 bits per heavy atom. The first-order chi connectivity index (χ1) is 13.2. The Kier molecular flexibility index (Phi) is 5.22. The molecule has 3 heterocycles. The second-order valence-corrected chi connectivity index (χ2v) is 7.48. The molecular weight excluding hydrogens is 342 g/mol. The van der Waals surface area contributed by atoms with Crippen LogP contribution in [0.1, 0.15) is 43.5 Å². The number of nitrogens with zero attached hydrogens (tertiary/aromatic N) is 3. The zero-order chi connectivity index (χ0) is 18.8. The van der Waals surface area contributed by atoms with Gasteiger partial charge in [0, 0.05) is 30.8 Å². The van der Waals surface area contributed by atoms with Gasteiger partial charge in [-0.2, -0.15) is 0 Å². The van der Waals surface area contributed by atoms with E-state index in [0.717, 1.165) is 54.3 Å². The number of aromatic nitrogens is 3. The van der Waals surface area contributed by atoms with E-state index in [1.807, 2.05) is 25.1 Å². The van der Waals surface area contributed by atoms with Crippen LogP contribution < -0.4 is 11.1 Å². The van der Waals surface area contributed by atoms with E-state index in [9.17, 15) is 4.79 Å². The maximum atomic E-state index is 12.6. The van der Waals surface area contributed by atoms with Crippen LogP contribution in [-0.2, 0) is 22.5 Å². The van der Waals surface area contributed by atoms with Crippen LogP contribution in [-0.4, -0.2) is 39.4 Å². The second-order valence-electron chi connectivity index (χ2n) is 7.48. The van der Waals surface area contributed by atoms with Gasteiger partial charge in [-0.25, -0.2) is 0 Å². The molecule has 0 bridgehead atoms. The maximum absolute atomic E-state index is 12.6. The summed E-state index contributed by atoms with van der Waals surface area (Å²) in [5, 5.41) is 11.8. The molecule has 1 saturated heterocycles. The number of carbonyl (C=O) groups is 1. The molecule has 1 aromatic carbocycles. The number of amides is 1. The first-order valence-electron chi connectivity index (χ1n) is 9.85. The van der Waals surface area contributed by atoms with Crippen LogP contribution in [0.15, 0.2) is 18.2 Å². The number of carbonyl (C=O) groups excluding carboxylic acids is 1. The molecule has 144 valence electrons. The van der Waals surface area contributed by atoms with Crippen molar-refractivity contribution in [3.8, 4) is 11.4 Å². The molecule has 2 atom stereocenters. The largest absolute Gasteiger partial charge is 0.364 e. The van der Waals surface area contributed by atoms with Crippen molar-refractivity contribution in [1.29, 1.82) is 0 Å². The molecule has 3 N–H and O–H groups in total. The topological polar surface area (TPSA) is 95.1 Å². The predicted octanol–water partition coefficient (Wildman–Crippen LogP) is 2.42. The van der Waals surface area contributed by atoms with E-state index in [0.29, 0.717) is 13.0 Å². The monoisotopic (exact) mass is 369 g/mol. The van der Waals surface area contributed by atoms with Crippen molar-refractivity contribution in [3.63, 3.8) is 0 Å². The van der Waals surface area contributed by atoms with Gasteiger partial charge in [0.15, 0.2) is 5.82 Å². The number of benzene rings is 1. The highest BCUT2D eigenvalue weighted by molar-refractivity contribution is 5.95. The summed E-state index contributed by atoms with van der Waals surface area (Å²) in [5.74, 6) is 1.83. The normalized spacial score (nSPS) is 22.3. The van der Waals surface area contributed by atoms with Crippen LogP contribution in [0.2, 0.25) is 0 Å². The van der Waals surface area contributed by atoms with Gasteiger partial charge in [-0.3, -0.25) is 4.79 Å². The summed E-state index contributed by atoms with van der Waals surface area (Å²) in [5.41, 5.74) is 8.42. The minimum absolute atomic E-state index is 0.0142. The fraction of sp³-hybridized carbons (Fsp3) is 0.550. The Labute approximate surface area is 159 Å². The quantitative estimate of drug-likeness (QED) is 0.863. The van der Waals surface area contributed by atoms with Crippen molar-refractivity contribution in [2.75, 3.05) is 11.9 Å². The summed E-state index contributed by atoms with van der Waals surface area (Å²) in [7, 11) is 0. The molecule has 0 unspecified atom stereocenters. The molecule has 2 aromatic rings. The van der Waals surface area contributed by atoms with Crippen molar-refractivity contribution in [2.45, 2.75) is 64.2 Å². The van der Waals surface area contributed by atoms with Gasteiger partial charge in [-0.1, -0.05) is 18.6 Å². The smallest absolute Gasteiger partial charge is 0.253 e. The summed E-state index contributed by atoms with van der Waals surface area (Å²) in [4.78, 5) is 12.6. The standard InChI is InChI=1S/C20H27N5O2/c1-13-6-7-14(19-24-23-18-5-3-2-4-10-25(18)19)11-16(13)22-20(26)17-9-8-15(12-21)27-17/h6-7,11,15,17H,2-5,8-10,12,21H2,1H3,(H,22,26)/t15-,17+/m1/s1. The zero-order valence-corrected chi connectivity index (χ0v) is 15.8. The summed E-state index contributed by atoms with van der Waals surface area (Å²) in [6.45, 7) is 3.39. The Balaban J connectivity index is 1.56. The molecular formula is C20H27N5O2. The molecule has 2 aliphatic rings. The lowest BCUT2D eigenvalue weighted by atomic mass is 10.1. The summed E-state index contributed by atoms with van der Waals surface area (Å²) in [6, 6.07) is 6.05. The number of hydrogen-bond donors (Lipinski definition) is 2. The lowest BCUT2D eigenvalue weighted by Crippen LogP contribution is -2.30. The number of nitrogens with two attached hydrogens (primary N) is 1. The Morgan fingerprint density at radius 2 is 2.19 bits per heavy atom. The summed E-state index contributed by atoms with van der Waals surface area (Å²) >= 11 is 0. The number of nitrogens with one attached hydrogen (secondary N) is 1. The van der Waals surface area contributed by atoms with E-state index >= 15 is 0 Å². The van der Waals surface area contributed by atoms with Crippen LogP contribution in [0.25, 0.3) is 11.4 Å². The van der Waals surface area contributed by atoms with Gasteiger partial charge in [0.1, 0.15) is 11.9 Å². The average Bonchev–Trinajstić information content (AvgIpc) is 3.25. The Morgan fingerprint density at radius 3 is 3.00 bits per heavy atom. The van der Waals surface area contributed by atoms with Crippen molar-refractivity contribution in [3.05, 3.63) is 29.6 Å². The number of fused-ring (bicyclic) bond motifs is 1. The Hall–Kier alpha value is -2.25. The lowest BCUT2D eigenvalue weighted by molar-refractivity contribution is -0.126. The first kappa shape index (κ1) is 18.1. The van der Waals surface area contributed by atoms with Gasteiger partial charge in [0.25, 0.3) is 5.91 Å². The van der Waals surface area contributed by atoms with Gasteiger partial charge >= 0.3 is 0 Å². The summed E-state index contributed by atoms with van der Waals surface area (Å²) in [6.07, 6.45) is 5.62. The molecule has 0 saturated carbocycles. The van der Waals surface area contributed by atoms with Crippen molar-refractivity contribution >= 4 is 11.6 Å². The van der Waals surface area contributed by atoms with E-state index in [2.05, 4.69) is 20.1 Å². The van der Waals surface area contributed by atoms with E-state index in [4.69, 9.17) is 10.5 Å². The third kappa shape index (κ3) is 3.75. The molecule has 2 aliphatic heterocycles. The van der Waals surface area contributed by atoms with Crippen LogP contribution >= 0.6 is 0 Å². The number of ether oxygens (including phenoxy) is 1. The minimum Gasteiger partial charge on any atom is -0.364 e. The van der Waals surface area contributed by atoms with Crippen molar-refractivity contribution in [1.82, 2.24) is 14.8 Å². The highest BCUT2D eigenvalue weighted by atomic mass is 16.5. The highest BCUT2D eigenvalue weighted by Crippen LogP contribution is 2.28. The zero-order valence-electron chi connectivity index (χ0n) is 15.8. The molecule has 1 fully saturated rings. The highest BCUT2D eigenvalue weighted by Gasteiger charge is 2.30. The second kappa shape index (κ2) is 7.78. The minimum atomic E-state index is -0.425. The van der Waals surface area contributed by atoms with Crippen molar-refractivity contribution < 1.29 is 9.53 Å². The molecule has 1 amide bonds. The molecule has 7 nitrogen and oxygen atoms in total. The van der Waals surface area contributed by atoms with Crippen LogP contribution in [0.5, 0.6) is 0 Å². The van der Waals surface area contributed by atoms with Gasteiger partial charge in [-0.15, -0.1) is 10.2 Å². The van der Waals surface area contributed by atoms with E-state index in [1.54, 1.807) is 0 Å². The van der Waals surface area contributed by atoms with Crippen molar-refractivity contribution in [2.24, 2.45) is 5.73 Å².